The molecule has 0 aliphatic carbocycles. The predicted molar refractivity (Wildman–Crippen MR) is 94.7 cm³/mol. The van der Waals surface area contributed by atoms with Gasteiger partial charge in [-0.05, 0) is 23.6 Å². The van der Waals surface area contributed by atoms with Crippen molar-refractivity contribution in [3.8, 4) is 5.75 Å². The number of nitrogens with zero attached hydrogens (tertiary/aromatic N) is 1. The minimum atomic E-state index is -5.11. The molecule has 4 N–H and O–H groups in total. The van der Waals surface area contributed by atoms with Gasteiger partial charge in [0.1, 0.15) is 0 Å². The number of halogens is 7. The summed E-state index contributed by atoms with van der Waals surface area (Å²) in [4.78, 5) is 12.4. The lowest BCUT2D eigenvalue weighted by molar-refractivity contribution is -0.275. The molecule has 0 saturated carbocycles. The van der Waals surface area contributed by atoms with Crippen LogP contribution >= 0.6 is 0 Å². The summed E-state index contributed by atoms with van der Waals surface area (Å²) in [6, 6.07) is 0.449. The van der Waals surface area contributed by atoms with Gasteiger partial charge in [0.25, 0.3) is 0 Å². The molecule has 1 amide bonds. The van der Waals surface area contributed by atoms with Gasteiger partial charge in [-0.2, -0.15) is 13.2 Å². The maximum absolute atomic E-state index is 14.3. The first-order chi connectivity index (χ1) is 14.7. The fourth-order valence-corrected chi connectivity index (χ4v) is 4.14. The maximum atomic E-state index is 14.3. The van der Waals surface area contributed by atoms with Crippen LogP contribution in [0, 0.1) is 17.7 Å². The van der Waals surface area contributed by atoms with Crippen LogP contribution in [0.15, 0.2) is 18.2 Å². The number of benzene rings is 1. The molecule has 0 aromatic heterocycles. The normalized spacial score (nSPS) is 27.9. The Labute approximate surface area is 177 Å². The number of amides is 1. The molecule has 2 aliphatic rings. The maximum Gasteiger partial charge on any atom is 0.573 e. The summed E-state index contributed by atoms with van der Waals surface area (Å²) in [6.07, 6.45) is -13.7. The van der Waals surface area contributed by atoms with Crippen LogP contribution in [0.4, 0.5) is 30.7 Å². The quantitative estimate of drug-likeness (QED) is 0.491. The average Bonchev–Trinajstić information content (AvgIpc) is 2.92. The van der Waals surface area contributed by atoms with E-state index in [2.05, 4.69) is 20.8 Å². The first-order valence-electron chi connectivity index (χ1n) is 9.57. The van der Waals surface area contributed by atoms with E-state index in [0.29, 0.717) is 0 Å². The highest BCUT2D eigenvalue weighted by Gasteiger charge is 2.54. The number of aliphatic hydroxyl groups excluding tert-OH is 1. The summed E-state index contributed by atoms with van der Waals surface area (Å²) in [6.45, 7) is 3.32. The number of hydrogen-bond acceptors (Lipinski definition) is 6. The van der Waals surface area contributed by atoms with Crippen LogP contribution in [0.5, 0.6) is 5.75 Å². The highest BCUT2D eigenvalue weighted by molar-refractivity contribution is 5.81. The first kappa shape index (κ1) is 24.5. The summed E-state index contributed by atoms with van der Waals surface area (Å²) >= 11 is 0. The van der Waals surface area contributed by atoms with Crippen LogP contribution in [-0.2, 0) is 4.79 Å². The number of hydrazine groups is 1. The number of fused-ring (bicyclic) bond motifs is 1. The van der Waals surface area contributed by atoms with E-state index < -0.39 is 72.9 Å². The molecule has 1 aromatic rings. The van der Waals surface area contributed by atoms with Crippen molar-refractivity contribution in [2.24, 2.45) is 11.8 Å². The first-order valence-corrected chi connectivity index (χ1v) is 9.57. The van der Waals surface area contributed by atoms with E-state index in [0.717, 1.165) is 18.2 Å². The van der Waals surface area contributed by atoms with Crippen molar-refractivity contribution >= 4 is 5.91 Å². The Balaban J connectivity index is 1.96. The lowest BCUT2D eigenvalue weighted by atomic mass is 9.91. The molecule has 0 radical (unpaired) electrons. The zero-order valence-electron chi connectivity index (χ0n) is 16.8. The summed E-state index contributed by atoms with van der Waals surface area (Å²) in [5.41, 5.74) is 2.77. The van der Waals surface area contributed by atoms with Gasteiger partial charge >= 0.3 is 12.5 Å². The molecular weight excluding hydrogens is 453 g/mol. The molecule has 7 nitrogen and oxygen atoms in total. The van der Waals surface area contributed by atoms with E-state index in [-0.39, 0.29) is 5.56 Å². The highest BCUT2D eigenvalue weighted by Crippen LogP contribution is 2.40. The second-order valence-electron chi connectivity index (χ2n) is 7.94. The molecule has 14 heteroatoms. The number of hydrogen-bond donors (Lipinski definition) is 4. The molecule has 32 heavy (non-hydrogen) atoms. The molecule has 0 spiro atoms. The van der Waals surface area contributed by atoms with Crippen molar-refractivity contribution in [1.29, 1.82) is 0 Å². The van der Waals surface area contributed by atoms with E-state index in [1.165, 1.54) is 5.01 Å². The predicted octanol–water partition coefficient (Wildman–Crippen LogP) is 2.50. The Hall–Kier alpha value is -2.16. The van der Waals surface area contributed by atoms with Gasteiger partial charge < -0.3 is 15.2 Å². The minimum absolute atomic E-state index is 0.133. The third-order valence-corrected chi connectivity index (χ3v) is 5.20. The Morgan fingerprint density at radius 1 is 1.19 bits per heavy atom. The summed E-state index contributed by atoms with van der Waals surface area (Å²) in [7, 11) is 0. The molecule has 5 atom stereocenters. The van der Waals surface area contributed by atoms with Gasteiger partial charge in [0, 0.05) is 6.04 Å². The highest BCUT2D eigenvalue weighted by atomic mass is 19.4. The third-order valence-electron chi connectivity index (χ3n) is 5.20. The van der Waals surface area contributed by atoms with Gasteiger partial charge in [-0.3, -0.25) is 10.1 Å². The van der Waals surface area contributed by atoms with Gasteiger partial charge in [-0.15, -0.1) is 13.2 Å². The zero-order valence-corrected chi connectivity index (χ0v) is 16.8. The van der Waals surface area contributed by atoms with E-state index in [1.807, 2.05) is 0 Å². The summed E-state index contributed by atoms with van der Waals surface area (Å²) in [5, 5.41) is 15.8. The summed E-state index contributed by atoms with van der Waals surface area (Å²) in [5.74, 6) is -4.84. The fraction of sp³-hybridized carbons (Fsp3) is 0.611. The molecule has 1 aromatic carbocycles. The van der Waals surface area contributed by atoms with E-state index in [1.54, 1.807) is 13.8 Å². The Morgan fingerprint density at radius 3 is 2.38 bits per heavy atom. The largest absolute Gasteiger partial charge is 0.573 e. The lowest BCUT2D eigenvalue weighted by Gasteiger charge is -2.39. The number of aliphatic hydroxyl groups is 1. The number of ether oxygens (including phenoxy) is 1. The standard InChI is InChI=1S/C18H21F7N4O3/c1-7(2)13(8-3-4-11(9(19)5-8)32-18(23,24)25)29-14-12(15(30)27-16(31)26-14)10(28-29)6-17(20,21)22/h3-5,7,10,12-14,16,26,28,31H,6H2,1-2H3,(H,27,30). The zero-order chi connectivity index (χ0) is 24.0. The van der Waals surface area contributed by atoms with Crippen molar-refractivity contribution in [3.05, 3.63) is 29.6 Å². The Bertz CT molecular complexity index is 849. The minimum Gasteiger partial charge on any atom is -0.403 e. The molecule has 180 valence electrons. The van der Waals surface area contributed by atoms with Crippen LogP contribution in [0.3, 0.4) is 0 Å². The monoisotopic (exact) mass is 474 g/mol. The molecular formula is C18H21F7N4O3. The van der Waals surface area contributed by atoms with Crippen LogP contribution < -0.4 is 20.8 Å². The Morgan fingerprint density at radius 2 is 1.84 bits per heavy atom. The van der Waals surface area contributed by atoms with Crippen LogP contribution in [0.25, 0.3) is 0 Å². The molecule has 2 heterocycles. The van der Waals surface area contributed by atoms with Gasteiger partial charge in [0.15, 0.2) is 17.9 Å². The summed E-state index contributed by atoms with van der Waals surface area (Å²) < 4.78 is 94.5. The number of carbonyl (C=O) groups excluding carboxylic acids is 1. The third kappa shape index (κ3) is 5.42. The van der Waals surface area contributed by atoms with Gasteiger partial charge in [-0.1, -0.05) is 19.9 Å². The van der Waals surface area contributed by atoms with E-state index in [9.17, 15) is 40.6 Å². The molecule has 2 aliphatic heterocycles. The van der Waals surface area contributed by atoms with Crippen molar-refractivity contribution in [3.63, 3.8) is 0 Å². The average molecular weight is 474 g/mol. The molecule has 2 fully saturated rings. The second-order valence-corrected chi connectivity index (χ2v) is 7.94. The smallest absolute Gasteiger partial charge is 0.403 e. The van der Waals surface area contributed by atoms with Crippen LogP contribution in [0.2, 0.25) is 0 Å². The van der Waals surface area contributed by atoms with E-state index >= 15 is 0 Å². The number of alkyl halides is 6. The molecule has 2 saturated heterocycles. The van der Waals surface area contributed by atoms with Crippen LogP contribution in [-0.4, -0.2) is 47.1 Å². The van der Waals surface area contributed by atoms with Crippen molar-refractivity contribution in [2.45, 2.75) is 57.4 Å². The van der Waals surface area contributed by atoms with Gasteiger partial charge in [-0.25, -0.2) is 14.8 Å². The SMILES string of the molecule is CC(C)C(c1ccc(OC(F)(F)F)c(F)c1)N1NC(CC(F)(F)F)C2C(=O)NC(O)NC21. The second kappa shape index (κ2) is 8.65. The lowest BCUT2D eigenvalue weighted by Crippen LogP contribution is -2.65. The molecule has 3 rings (SSSR count). The van der Waals surface area contributed by atoms with Crippen molar-refractivity contribution < 1.29 is 45.4 Å². The molecule has 0 bridgehead atoms. The van der Waals surface area contributed by atoms with Crippen molar-refractivity contribution in [1.82, 2.24) is 21.1 Å². The molecule has 5 unspecified atom stereocenters. The number of rotatable bonds is 5. The van der Waals surface area contributed by atoms with Gasteiger partial charge in [0.2, 0.25) is 5.91 Å². The Kier molecular flexibility index (Phi) is 6.62. The van der Waals surface area contributed by atoms with Crippen molar-refractivity contribution in [2.75, 3.05) is 0 Å². The topological polar surface area (TPSA) is 85.9 Å². The number of nitrogens with one attached hydrogen (secondary N) is 3. The van der Waals surface area contributed by atoms with E-state index in [4.69, 9.17) is 0 Å². The van der Waals surface area contributed by atoms with Gasteiger partial charge in [0.05, 0.1) is 24.5 Å². The fourth-order valence-electron chi connectivity index (χ4n) is 4.14. The van der Waals surface area contributed by atoms with Crippen LogP contribution in [0.1, 0.15) is 31.9 Å². The number of carbonyl (C=O) groups is 1.